The van der Waals surface area contributed by atoms with Gasteiger partial charge >= 0.3 is 5.97 Å². The predicted octanol–water partition coefficient (Wildman–Crippen LogP) is 4.38. The van der Waals surface area contributed by atoms with E-state index in [1.165, 1.54) is 0 Å². The number of carboxylic acids is 1. The molecule has 3 heteroatoms. The second kappa shape index (κ2) is 6.48. The van der Waals surface area contributed by atoms with Crippen LogP contribution >= 0.6 is 0 Å². The molecule has 1 atom stereocenters. The monoisotopic (exact) mass is 296 g/mol. The number of carboxylic acid groups (broad SMARTS) is 1. The Balaban J connectivity index is 2.78. The first kappa shape index (κ1) is 15.8. The molecule has 1 aromatic rings. The Morgan fingerprint density at radius 2 is 1.82 bits per heavy atom. The van der Waals surface area contributed by atoms with E-state index in [-0.39, 0.29) is 6.42 Å². The van der Waals surface area contributed by atoms with Gasteiger partial charge in [-0.3, -0.25) is 0 Å². The van der Waals surface area contributed by atoms with Gasteiger partial charge < -0.3 is 9.84 Å². The van der Waals surface area contributed by atoms with Crippen LogP contribution in [0.2, 0.25) is 0 Å². The molecule has 0 amide bonds. The average Bonchev–Trinajstić information content (AvgIpc) is 2.50. The number of fused-ring (bicyclic) bond motifs is 1. The van der Waals surface area contributed by atoms with Gasteiger partial charge in [-0.2, -0.15) is 0 Å². The van der Waals surface area contributed by atoms with Crippen LogP contribution in [-0.4, -0.2) is 16.7 Å². The van der Waals surface area contributed by atoms with Crippen molar-refractivity contribution in [2.75, 3.05) is 0 Å². The Kier molecular flexibility index (Phi) is 4.66. The zero-order valence-corrected chi connectivity index (χ0v) is 12.5. The molecule has 2 rings (SSSR count). The normalized spacial score (nSPS) is 19.8. The Hall–Kier alpha value is -2.55. The zero-order chi connectivity index (χ0) is 16.2. The Labute approximate surface area is 130 Å². The van der Waals surface area contributed by atoms with Gasteiger partial charge in [-0.1, -0.05) is 36.4 Å². The summed E-state index contributed by atoms with van der Waals surface area (Å²) in [6.07, 6.45) is 6.28. The topological polar surface area (TPSA) is 46.5 Å². The Bertz CT molecular complexity index is 654. The van der Waals surface area contributed by atoms with Crippen molar-refractivity contribution in [1.29, 1.82) is 0 Å². The Morgan fingerprint density at radius 3 is 2.41 bits per heavy atom. The molecule has 114 valence electrons. The van der Waals surface area contributed by atoms with Crippen LogP contribution < -0.4 is 4.74 Å². The van der Waals surface area contributed by atoms with Crippen molar-refractivity contribution in [2.24, 2.45) is 0 Å². The molecule has 0 aliphatic carbocycles. The fourth-order valence-electron chi connectivity index (χ4n) is 2.90. The molecule has 1 unspecified atom stereocenters. The molecule has 1 heterocycles. The maximum Gasteiger partial charge on any atom is 0.352 e. The quantitative estimate of drug-likeness (QED) is 0.759. The first-order chi connectivity index (χ1) is 10.6. The fourth-order valence-corrected chi connectivity index (χ4v) is 2.90. The summed E-state index contributed by atoms with van der Waals surface area (Å²) in [6.45, 7) is 11.2. The SMILES string of the molecule is C=CCC1=C(CC=C)C(CC=C)(C(=O)O)Oc2ccccc21. The summed E-state index contributed by atoms with van der Waals surface area (Å²) in [6, 6.07) is 7.49. The highest BCUT2D eigenvalue weighted by Crippen LogP contribution is 2.45. The molecule has 1 N–H and O–H groups in total. The molecular weight excluding hydrogens is 276 g/mol. The summed E-state index contributed by atoms with van der Waals surface area (Å²) in [7, 11) is 0. The van der Waals surface area contributed by atoms with Gasteiger partial charge in [0.25, 0.3) is 0 Å². The first-order valence-electron chi connectivity index (χ1n) is 7.17. The molecule has 1 aliphatic rings. The third-order valence-corrected chi connectivity index (χ3v) is 3.82. The molecule has 0 saturated carbocycles. The summed E-state index contributed by atoms with van der Waals surface area (Å²) in [4.78, 5) is 12.0. The second-order valence-electron chi connectivity index (χ2n) is 5.17. The van der Waals surface area contributed by atoms with E-state index in [0.29, 0.717) is 24.2 Å². The minimum atomic E-state index is -1.43. The summed E-state index contributed by atoms with van der Waals surface area (Å²) in [5.74, 6) is -0.434. The van der Waals surface area contributed by atoms with Gasteiger partial charge in [0.05, 0.1) is 0 Å². The van der Waals surface area contributed by atoms with Gasteiger partial charge in [-0.05, 0) is 30.1 Å². The lowest BCUT2D eigenvalue weighted by Crippen LogP contribution is -2.48. The molecule has 0 bridgehead atoms. The highest BCUT2D eigenvalue weighted by molar-refractivity contribution is 5.90. The van der Waals surface area contributed by atoms with Crippen LogP contribution in [0.5, 0.6) is 5.75 Å². The van der Waals surface area contributed by atoms with Crippen LogP contribution in [0.4, 0.5) is 0 Å². The third kappa shape index (κ3) is 2.50. The third-order valence-electron chi connectivity index (χ3n) is 3.82. The molecule has 0 aromatic heterocycles. The molecule has 1 aliphatic heterocycles. The largest absolute Gasteiger partial charge is 0.478 e. The fraction of sp³-hybridized carbons (Fsp3) is 0.211. The molecule has 1 aromatic carbocycles. The lowest BCUT2D eigenvalue weighted by molar-refractivity contribution is -0.152. The maximum absolute atomic E-state index is 12.0. The van der Waals surface area contributed by atoms with E-state index in [2.05, 4.69) is 19.7 Å². The molecule has 0 fully saturated rings. The average molecular weight is 296 g/mol. The van der Waals surface area contributed by atoms with E-state index in [1.54, 1.807) is 24.3 Å². The van der Waals surface area contributed by atoms with E-state index in [4.69, 9.17) is 4.74 Å². The van der Waals surface area contributed by atoms with Gasteiger partial charge in [0.2, 0.25) is 5.60 Å². The number of hydrogen-bond donors (Lipinski definition) is 1. The minimum absolute atomic E-state index is 0.195. The van der Waals surface area contributed by atoms with E-state index in [0.717, 1.165) is 11.1 Å². The second-order valence-corrected chi connectivity index (χ2v) is 5.17. The van der Waals surface area contributed by atoms with Crippen LogP contribution in [0.1, 0.15) is 24.8 Å². The predicted molar refractivity (Wildman–Crippen MR) is 88.8 cm³/mol. The van der Waals surface area contributed by atoms with E-state index < -0.39 is 11.6 Å². The Morgan fingerprint density at radius 1 is 1.14 bits per heavy atom. The summed E-state index contributed by atoms with van der Waals surface area (Å²) < 4.78 is 5.95. The van der Waals surface area contributed by atoms with Gasteiger partial charge in [0.15, 0.2) is 0 Å². The molecular formula is C19H20O3. The lowest BCUT2D eigenvalue weighted by Gasteiger charge is -2.38. The van der Waals surface area contributed by atoms with Gasteiger partial charge in [0, 0.05) is 12.0 Å². The van der Waals surface area contributed by atoms with Crippen LogP contribution in [-0.2, 0) is 4.79 Å². The number of carbonyl (C=O) groups is 1. The number of rotatable bonds is 7. The van der Waals surface area contributed by atoms with Crippen LogP contribution in [0.25, 0.3) is 5.57 Å². The number of aliphatic carboxylic acids is 1. The van der Waals surface area contributed by atoms with E-state index >= 15 is 0 Å². The van der Waals surface area contributed by atoms with Crippen molar-refractivity contribution >= 4 is 11.5 Å². The van der Waals surface area contributed by atoms with Gasteiger partial charge in [-0.15, -0.1) is 19.7 Å². The maximum atomic E-state index is 12.0. The smallest absolute Gasteiger partial charge is 0.352 e. The summed E-state index contributed by atoms with van der Waals surface area (Å²) in [5.41, 5.74) is 1.15. The van der Waals surface area contributed by atoms with Crippen LogP contribution in [0, 0.1) is 0 Å². The van der Waals surface area contributed by atoms with Crippen molar-refractivity contribution < 1.29 is 14.6 Å². The zero-order valence-electron chi connectivity index (χ0n) is 12.5. The van der Waals surface area contributed by atoms with Gasteiger partial charge in [-0.25, -0.2) is 4.79 Å². The van der Waals surface area contributed by atoms with Crippen LogP contribution in [0.3, 0.4) is 0 Å². The summed E-state index contributed by atoms with van der Waals surface area (Å²) in [5, 5.41) is 9.86. The highest BCUT2D eigenvalue weighted by Gasteiger charge is 2.47. The molecule has 3 nitrogen and oxygen atoms in total. The number of para-hydroxylation sites is 1. The van der Waals surface area contributed by atoms with E-state index in [9.17, 15) is 9.90 Å². The highest BCUT2D eigenvalue weighted by atomic mass is 16.5. The van der Waals surface area contributed by atoms with Crippen molar-refractivity contribution in [3.8, 4) is 5.75 Å². The standard InChI is InChI=1S/C19H20O3/c1-4-9-14-15-11-7-8-12-17(15)22-19(13-6-3,18(20)21)16(14)10-5-2/h4-8,11-12H,1-3,9-10,13H2,(H,20,21). The molecule has 22 heavy (non-hydrogen) atoms. The number of benzene rings is 1. The van der Waals surface area contributed by atoms with E-state index in [1.807, 2.05) is 18.2 Å². The van der Waals surface area contributed by atoms with Crippen molar-refractivity contribution in [2.45, 2.75) is 24.9 Å². The lowest BCUT2D eigenvalue weighted by atomic mass is 9.79. The number of ether oxygens (including phenoxy) is 1. The van der Waals surface area contributed by atoms with Crippen molar-refractivity contribution in [3.63, 3.8) is 0 Å². The minimum Gasteiger partial charge on any atom is -0.478 e. The molecule has 0 radical (unpaired) electrons. The molecule has 0 spiro atoms. The van der Waals surface area contributed by atoms with Crippen LogP contribution in [0.15, 0.2) is 67.8 Å². The molecule has 0 saturated heterocycles. The van der Waals surface area contributed by atoms with Crippen molar-refractivity contribution in [3.05, 3.63) is 73.4 Å². The summed E-state index contributed by atoms with van der Waals surface area (Å²) >= 11 is 0. The van der Waals surface area contributed by atoms with Gasteiger partial charge in [0.1, 0.15) is 5.75 Å². The van der Waals surface area contributed by atoms with Crippen molar-refractivity contribution in [1.82, 2.24) is 0 Å². The number of hydrogen-bond acceptors (Lipinski definition) is 2. The number of allylic oxidation sites excluding steroid dienone is 3. The first-order valence-corrected chi connectivity index (χ1v) is 7.17.